The zero-order chi connectivity index (χ0) is 34.7. The third kappa shape index (κ3) is 7.73. The van der Waals surface area contributed by atoms with Crippen LogP contribution in [0.1, 0.15) is 67.3 Å². The number of halogens is 1. The molecule has 0 radical (unpaired) electrons. The fourth-order valence-electron chi connectivity index (χ4n) is 5.80. The lowest BCUT2D eigenvalue weighted by molar-refractivity contribution is -0.134. The van der Waals surface area contributed by atoms with Crippen molar-refractivity contribution in [2.45, 2.75) is 68.6 Å². The maximum atomic E-state index is 14.7. The highest BCUT2D eigenvalue weighted by Gasteiger charge is 2.38. The van der Waals surface area contributed by atoms with Crippen molar-refractivity contribution >= 4 is 55.6 Å². The third-order valence-corrected chi connectivity index (χ3v) is 10.7. The number of carboxylic acid groups (broad SMARTS) is 1. The number of nitrogens with one attached hydrogen (secondary N) is 2. The number of hydrogen-bond acceptors (Lipinski definition) is 9. The highest BCUT2D eigenvalue weighted by Crippen LogP contribution is 2.37. The predicted molar refractivity (Wildman–Crippen MR) is 180 cm³/mol. The minimum absolute atomic E-state index is 0.00870. The van der Waals surface area contributed by atoms with Crippen molar-refractivity contribution in [1.82, 2.24) is 4.98 Å². The number of nitrogens with zero attached hydrogens (tertiary/aromatic N) is 1. The summed E-state index contributed by atoms with van der Waals surface area (Å²) in [4.78, 5) is 39.7. The lowest BCUT2D eigenvalue weighted by atomic mass is 9.91. The van der Waals surface area contributed by atoms with E-state index in [2.05, 4.69) is 15.6 Å². The highest BCUT2D eigenvalue weighted by molar-refractivity contribution is 7.92. The Labute approximate surface area is 277 Å². The van der Waals surface area contributed by atoms with Crippen LogP contribution in [0, 0.1) is 12.7 Å². The first-order valence-corrected chi connectivity index (χ1v) is 17.0. The van der Waals surface area contributed by atoms with Gasteiger partial charge in [0.1, 0.15) is 17.7 Å². The number of rotatable bonds is 4. The molecule has 11 nitrogen and oxygen atoms in total. The molecule has 3 aliphatic rings. The Kier molecular flexibility index (Phi) is 9.99. The molecule has 2 atom stereocenters. The van der Waals surface area contributed by atoms with Crippen molar-refractivity contribution in [3.05, 3.63) is 88.9 Å². The van der Waals surface area contributed by atoms with Crippen LogP contribution in [0.5, 0.6) is 0 Å². The van der Waals surface area contributed by atoms with Gasteiger partial charge >= 0.3 is 6.09 Å². The second-order valence-electron chi connectivity index (χ2n) is 12.1. The first-order chi connectivity index (χ1) is 22.7. The average Bonchev–Trinajstić information content (AvgIpc) is 3.89. The number of ketones is 1. The van der Waals surface area contributed by atoms with E-state index in [9.17, 15) is 22.4 Å². The van der Waals surface area contributed by atoms with Gasteiger partial charge in [-0.15, -0.1) is 0 Å². The number of aliphatic carboxylic acids is 1. The SMILES string of the molecule is CC(=O)O.Cc1cc2ccc1[C@@H](C)COC(=O)Nc1ccc(S(=O)(=O)C3CC3)c(c1)CCC(=O)[C@@H]2Nc1ccc2c(N)ncc(F)c2c1. The summed E-state index contributed by atoms with van der Waals surface area (Å²) in [7, 11) is -3.58. The molecule has 0 unspecified atom stereocenters. The number of sulfone groups is 1. The van der Waals surface area contributed by atoms with Gasteiger partial charge in [-0.3, -0.25) is 14.9 Å². The maximum absolute atomic E-state index is 14.7. The molecular weight excluding hydrogens is 639 g/mol. The zero-order valence-electron chi connectivity index (χ0n) is 26.7. The van der Waals surface area contributed by atoms with Gasteiger partial charge in [-0.05, 0) is 84.8 Å². The summed E-state index contributed by atoms with van der Waals surface area (Å²) in [6.07, 6.45) is 1.75. The number of hydrogen-bond donors (Lipinski definition) is 4. The molecule has 1 saturated carbocycles. The van der Waals surface area contributed by atoms with Crippen molar-refractivity contribution in [3.63, 3.8) is 0 Å². The van der Waals surface area contributed by atoms with Crippen molar-refractivity contribution in [2.75, 3.05) is 23.0 Å². The average molecular weight is 677 g/mol. The Morgan fingerprint density at radius 2 is 1.79 bits per heavy atom. The van der Waals surface area contributed by atoms with E-state index in [-0.39, 0.29) is 47.2 Å². The van der Waals surface area contributed by atoms with Crippen LogP contribution in [0.25, 0.3) is 10.8 Å². The number of Topliss-reactive ketones (excluding diaryl/α,β-unsaturated/α-hetero) is 1. The number of ether oxygens (including phenoxy) is 1. The molecule has 1 aliphatic carbocycles. The standard InChI is InChI=1S/C33H33FN4O5S.C2H4O2/c1-18-13-21-3-9-25(18)19(2)17-43-33(40)38-22-6-12-30(44(41,42)24-7-8-24)20(14-22)4-11-29(39)31(21)37-23-5-10-26-27(15-23)28(34)16-36-32(26)35;1-2(3)4/h3,5-6,9-10,12-16,19,24,31,37H,4,7-8,11,17H2,1-2H3,(H2,35,36)(H,38,40);1H3,(H,3,4)/t19-,31+;/m0./s1. The molecule has 3 heterocycles. The molecule has 2 aliphatic heterocycles. The number of nitrogen functional groups attached to an aromatic ring is 1. The number of fused-ring (bicyclic) bond motifs is 10. The van der Waals surface area contributed by atoms with Gasteiger partial charge in [0, 0.05) is 41.4 Å². The van der Waals surface area contributed by atoms with Gasteiger partial charge in [0.25, 0.3) is 5.97 Å². The number of benzene rings is 3. The summed E-state index contributed by atoms with van der Waals surface area (Å²) in [5.41, 5.74) is 9.87. The molecule has 48 heavy (non-hydrogen) atoms. The molecule has 5 N–H and O–H groups in total. The zero-order valence-corrected chi connectivity index (χ0v) is 27.6. The maximum Gasteiger partial charge on any atom is 0.411 e. The fourth-order valence-corrected chi connectivity index (χ4v) is 7.70. The van der Waals surface area contributed by atoms with Crippen LogP contribution < -0.4 is 16.4 Å². The van der Waals surface area contributed by atoms with Gasteiger partial charge in [-0.25, -0.2) is 22.6 Å². The van der Waals surface area contributed by atoms with Crippen molar-refractivity contribution in [3.8, 4) is 0 Å². The lowest BCUT2D eigenvalue weighted by Gasteiger charge is -2.23. The van der Waals surface area contributed by atoms with E-state index < -0.39 is 39.0 Å². The molecule has 4 aromatic rings. The van der Waals surface area contributed by atoms with Crippen LogP contribution in [-0.4, -0.2) is 48.2 Å². The quantitative estimate of drug-likeness (QED) is 0.191. The molecule has 0 spiro atoms. The summed E-state index contributed by atoms with van der Waals surface area (Å²) in [5.74, 6) is -1.48. The van der Waals surface area contributed by atoms with Crippen LogP contribution in [0.3, 0.4) is 0 Å². The fraction of sp³-hybridized carbons (Fsp3) is 0.314. The number of carbonyl (C=O) groups excluding carboxylic acids is 2. The molecule has 1 fully saturated rings. The number of carbonyl (C=O) groups is 3. The molecule has 13 heteroatoms. The third-order valence-electron chi connectivity index (χ3n) is 8.34. The minimum atomic E-state index is -3.58. The van der Waals surface area contributed by atoms with Crippen LogP contribution >= 0.6 is 0 Å². The highest BCUT2D eigenvalue weighted by atomic mass is 32.2. The second-order valence-corrected chi connectivity index (χ2v) is 14.3. The largest absolute Gasteiger partial charge is 0.481 e. The van der Waals surface area contributed by atoms with E-state index in [4.69, 9.17) is 20.4 Å². The Bertz CT molecular complexity index is 2010. The van der Waals surface area contributed by atoms with E-state index in [0.717, 1.165) is 24.2 Å². The summed E-state index contributed by atoms with van der Waals surface area (Å²) < 4.78 is 46.7. The van der Waals surface area contributed by atoms with Crippen molar-refractivity contribution in [2.24, 2.45) is 0 Å². The molecule has 7 rings (SSSR count). The number of anilines is 3. The molecular formula is C35H37FN4O7S. The molecule has 0 saturated heterocycles. The van der Waals surface area contributed by atoms with Crippen LogP contribution in [-0.2, 0) is 30.6 Å². The van der Waals surface area contributed by atoms with Crippen LogP contribution in [0.4, 0.5) is 26.4 Å². The smallest absolute Gasteiger partial charge is 0.411 e. The van der Waals surface area contributed by atoms with Gasteiger partial charge in [0.15, 0.2) is 15.6 Å². The molecule has 1 aromatic heterocycles. The van der Waals surface area contributed by atoms with E-state index in [1.54, 1.807) is 30.3 Å². The first-order valence-electron chi connectivity index (χ1n) is 15.5. The van der Waals surface area contributed by atoms with E-state index in [1.807, 2.05) is 32.0 Å². The first kappa shape index (κ1) is 34.3. The van der Waals surface area contributed by atoms with Gasteiger partial charge in [0.2, 0.25) is 0 Å². The van der Waals surface area contributed by atoms with Gasteiger partial charge in [-0.2, -0.15) is 0 Å². The minimum Gasteiger partial charge on any atom is -0.481 e. The number of aromatic nitrogens is 1. The summed E-state index contributed by atoms with van der Waals surface area (Å²) in [6.45, 7) is 5.08. The number of amides is 1. The predicted octanol–water partition coefficient (Wildman–Crippen LogP) is 6.31. The molecule has 4 bridgehead atoms. The summed E-state index contributed by atoms with van der Waals surface area (Å²) in [5, 5.41) is 13.7. The number of nitrogens with two attached hydrogens (primary N) is 1. The van der Waals surface area contributed by atoms with Crippen LogP contribution in [0.15, 0.2) is 65.7 Å². The van der Waals surface area contributed by atoms with E-state index in [1.165, 1.54) is 6.07 Å². The Balaban J connectivity index is 0.00000107. The van der Waals surface area contributed by atoms with Gasteiger partial charge < -0.3 is 20.9 Å². The Morgan fingerprint density at radius 1 is 1.06 bits per heavy atom. The second kappa shape index (κ2) is 14.0. The van der Waals surface area contributed by atoms with Gasteiger partial charge in [0.05, 0.1) is 22.9 Å². The van der Waals surface area contributed by atoms with Crippen molar-refractivity contribution in [1.29, 1.82) is 0 Å². The summed E-state index contributed by atoms with van der Waals surface area (Å²) in [6, 6.07) is 14.5. The number of carboxylic acids is 1. The monoisotopic (exact) mass is 676 g/mol. The molecule has 252 valence electrons. The molecule has 1 amide bonds. The van der Waals surface area contributed by atoms with Crippen LogP contribution in [0.2, 0.25) is 0 Å². The van der Waals surface area contributed by atoms with E-state index in [0.29, 0.717) is 40.7 Å². The lowest BCUT2D eigenvalue weighted by Crippen LogP contribution is -2.23. The van der Waals surface area contributed by atoms with Crippen molar-refractivity contribution < 1.29 is 37.0 Å². The topological polar surface area (TPSA) is 178 Å². The molecule has 3 aromatic carbocycles. The van der Waals surface area contributed by atoms with Gasteiger partial charge in [-0.1, -0.05) is 25.1 Å². The Morgan fingerprint density at radius 3 is 2.48 bits per heavy atom. The number of aryl methyl sites for hydroxylation is 2. The van der Waals surface area contributed by atoms with E-state index >= 15 is 0 Å². The normalized spacial score (nSPS) is 18.3. The Hall–Kier alpha value is -5.04. The summed E-state index contributed by atoms with van der Waals surface area (Å²) >= 11 is 0. The number of pyridine rings is 1.